The maximum absolute atomic E-state index is 12.0. The van der Waals surface area contributed by atoms with Crippen molar-refractivity contribution < 1.29 is 13.2 Å². The molecule has 3 N–H and O–H groups in total. The Morgan fingerprint density at radius 2 is 2.00 bits per heavy atom. The average Bonchev–Trinajstić information content (AvgIpc) is 2.82. The van der Waals surface area contributed by atoms with Crippen LogP contribution in [-0.4, -0.2) is 31.6 Å². The second-order valence-corrected chi connectivity index (χ2v) is 7.36. The number of rotatable bonds is 7. The van der Waals surface area contributed by atoms with Gasteiger partial charge in [-0.2, -0.15) is 0 Å². The molecule has 0 unspecified atom stereocenters. The lowest BCUT2D eigenvalue weighted by Gasteiger charge is -2.07. The van der Waals surface area contributed by atoms with Crippen molar-refractivity contribution >= 4 is 32.5 Å². The molecule has 2 aromatic rings. The zero-order chi connectivity index (χ0) is 17.0. The summed E-state index contributed by atoms with van der Waals surface area (Å²) in [7, 11) is -3.34. The maximum atomic E-state index is 12.0. The summed E-state index contributed by atoms with van der Waals surface area (Å²) in [5.74, 6) is -0.0519. The molecule has 0 aliphatic heterocycles. The maximum Gasteiger partial charge on any atom is 0.267 e. The van der Waals surface area contributed by atoms with Gasteiger partial charge in [0.05, 0.1) is 5.75 Å². The van der Waals surface area contributed by atoms with Gasteiger partial charge in [-0.3, -0.25) is 9.52 Å². The van der Waals surface area contributed by atoms with Gasteiger partial charge in [0.1, 0.15) is 5.69 Å². The number of aromatic amines is 1. The standard InChI is InChI=1S/C16H23N3O3S/c1-4-6-9-23(21,22)19-12-7-8-14-13(10-12)11(3)15(18-14)16(20)17-5-2/h7-8,10,18-19H,4-6,9H2,1-3H3,(H,17,20). The molecule has 2 rings (SSSR count). The van der Waals surface area contributed by atoms with E-state index in [1.54, 1.807) is 18.2 Å². The first kappa shape index (κ1) is 17.3. The summed E-state index contributed by atoms with van der Waals surface area (Å²) >= 11 is 0. The van der Waals surface area contributed by atoms with Crippen molar-refractivity contribution in [2.24, 2.45) is 0 Å². The third-order valence-corrected chi connectivity index (χ3v) is 5.04. The number of hydrogen-bond donors (Lipinski definition) is 3. The molecule has 1 heterocycles. The molecule has 0 radical (unpaired) electrons. The van der Waals surface area contributed by atoms with Gasteiger partial charge in [0, 0.05) is 23.1 Å². The van der Waals surface area contributed by atoms with E-state index in [1.807, 2.05) is 20.8 Å². The van der Waals surface area contributed by atoms with Gasteiger partial charge in [0.25, 0.3) is 5.91 Å². The molecule has 0 aliphatic carbocycles. The van der Waals surface area contributed by atoms with Gasteiger partial charge in [-0.1, -0.05) is 13.3 Å². The first-order valence-corrected chi connectivity index (χ1v) is 9.44. The lowest BCUT2D eigenvalue weighted by molar-refractivity contribution is 0.0951. The van der Waals surface area contributed by atoms with Gasteiger partial charge >= 0.3 is 0 Å². The summed E-state index contributed by atoms with van der Waals surface area (Å²) in [4.78, 5) is 15.1. The quantitative estimate of drug-likeness (QED) is 0.725. The van der Waals surface area contributed by atoms with Crippen molar-refractivity contribution in [1.82, 2.24) is 10.3 Å². The highest BCUT2D eigenvalue weighted by molar-refractivity contribution is 7.92. The minimum atomic E-state index is -3.34. The molecule has 1 aromatic heterocycles. The molecule has 0 saturated carbocycles. The van der Waals surface area contributed by atoms with Crippen LogP contribution in [0.15, 0.2) is 18.2 Å². The molecule has 1 amide bonds. The Hall–Kier alpha value is -2.02. The number of sulfonamides is 1. The van der Waals surface area contributed by atoms with Gasteiger partial charge < -0.3 is 10.3 Å². The fourth-order valence-corrected chi connectivity index (χ4v) is 3.69. The number of nitrogens with one attached hydrogen (secondary N) is 3. The monoisotopic (exact) mass is 337 g/mol. The molecule has 7 heteroatoms. The first-order valence-electron chi connectivity index (χ1n) is 7.79. The highest BCUT2D eigenvalue weighted by Crippen LogP contribution is 2.25. The Bertz CT molecular complexity index is 809. The van der Waals surface area contributed by atoms with E-state index in [4.69, 9.17) is 0 Å². The predicted octanol–water partition coefficient (Wildman–Crippen LogP) is 2.77. The second-order valence-electron chi connectivity index (χ2n) is 5.52. The number of H-pyrrole nitrogens is 1. The molecule has 0 fully saturated rings. The Morgan fingerprint density at radius 1 is 1.26 bits per heavy atom. The highest BCUT2D eigenvalue weighted by Gasteiger charge is 2.15. The summed E-state index contributed by atoms with van der Waals surface area (Å²) in [6.45, 7) is 6.21. The van der Waals surface area contributed by atoms with E-state index in [0.717, 1.165) is 22.9 Å². The molecule has 0 aliphatic rings. The molecule has 126 valence electrons. The number of unbranched alkanes of at least 4 members (excludes halogenated alkanes) is 1. The van der Waals surface area contributed by atoms with E-state index in [-0.39, 0.29) is 11.7 Å². The largest absolute Gasteiger partial charge is 0.351 e. The first-order chi connectivity index (χ1) is 10.9. The summed E-state index contributed by atoms with van der Waals surface area (Å²) in [6, 6.07) is 5.24. The number of aryl methyl sites for hydroxylation is 1. The Morgan fingerprint density at radius 3 is 2.65 bits per heavy atom. The van der Waals surface area contributed by atoms with Crippen LogP contribution in [0.5, 0.6) is 0 Å². The second kappa shape index (κ2) is 7.04. The minimum absolute atomic E-state index is 0.109. The summed E-state index contributed by atoms with van der Waals surface area (Å²) in [5.41, 5.74) is 2.63. The van der Waals surface area contributed by atoms with Crippen molar-refractivity contribution in [2.75, 3.05) is 17.0 Å². The summed E-state index contributed by atoms with van der Waals surface area (Å²) in [6.07, 6.45) is 1.45. The number of fused-ring (bicyclic) bond motifs is 1. The van der Waals surface area contributed by atoms with Gasteiger partial charge in [-0.05, 0) is 44.0 Å². The van der Waals surface area contributed by atoms with Gasteiger partial charge in [0.15, 0.2) is 0 Å². The third-order valence-electron chi connectivity index (χ3n) is 3.66. The van der Waals surface area contributed by atoms with Crippen LogP contribution in [0.3, 0.4) is 0 Å². The minimum Gasteiger partial charge on any atom is -0.351 e. The van der Waals surface area contributed by atoms with Gasteiger partial charge in [0.2, 0.25) is 10.0 Å². The Labute approximate surface area is 136 Å². The number of hydrogen-bond acceptors (Lipinski definition) is 3. The SMILES string of the molecule is CCCCS(=O)(=O)Nc1ccc2[nH]c(C(=O)NCC)c(C)c2c1. The van der Waals surface area contributed by atoms with Crippen LogP contribution in [-0.2, 0) is 10.0 Å². The molecule has 0 atom stereocenters. The van der Waals surface area contributed by atoms with E-state index < -0.39 is 10.0 Å². The molecular formula is C16H23N3O3S. The number of carbonyl (C=O) groups excluding carboxylic acids is 1. The van der Waals surface area contributed by atoms with Gasteiger partial charge in [-0.25, -0.2) is 8.42 Å². The van der Waals surface area contributed by atoms with Crippen LogP contribution >= 0.6 is 0 Å². The Kier molecular flexibility index (Phi) is 5.30. The molecule has 0 saturated heterocycles. The van der Waals surface area contributed by atoms with E-state index >= 15 is 0 Å². The topological polar surface area (TPSA) is 91.1 Å². The van der Waals surface area contributed by atoms with Crippen molar-refractivity contribution in [1.29, 1.82) is 0 Å². The number of carbonyl (C=O) groups is 1. The van der Waals surface area contributed by atoms with Crippen molar-refractivity contribution in [3.05, 3.63) is 29.5 Å². The molecule has 6 nitrogen and oxygen atoms in total. The van der Waals surface area contributed by atoms with Crippen LogP contribution in [0, 0.1) is 6.92 Å². The summed E-state index contributed by atoms with van der Waals surface area (Å²) < 4.78 is 26.6. The zero-order valence-electron chi connectivity index (χ0n) is 13.7. The number of benzene rings is 1. The molecule has 23 heavy (non-hydrogen) atoms. The number of amides is 1. The lowest BCUT2D eigenvalue weighted by atomic mass is 10.1. The summed E-state index contributed by atoms with van der Waals surface area (Å²) in [5, 5.41) is 3.59. The highest BCUT2D eigenvalue weighted by atomic mass is 32.2. The van der Waals surface area contributed by atoms with Gasteiger partial charge in [-0.15, -0.1) is 0 Å². The fourth-order valence-electron chi connectivity index (χ4n) is 2.43. The van der Waals surface area contributed by atoms with E-state index in [0.29, 0.717) is 24.3 Å². The van der Waals surface area contributed by atoms with E-state index in [9.17, 15) is 13.2 Å². The van der Waals surface area contributed by atoms with Crippen LogP contribution in [0.1, 0.15) is 42.7 Å². The lowest BCUT2D eigenvalue weighted by Crippen LogP contribution is -2.23. The molecule has 0 spiro atoms. The third kappa shape index (κ3) is 4.04. The van der Waals surface area contributed by atoms with Crippen LogP contribution in [0.25, 0.3) is 10.9 Å². The predicted molar refractivity (Wildman–Crippen MR) is 93.4 cm³/mol. The molecule has 1 aromatic carbocycles. The smallest absolute Gasteiger partial charge is 0.267 e. The fraction of sp³-hybridized carbons (Fsp3) is 0.438. The number of aromatic nitrogens is 1. The average molecular weight is 337 g/mol. The molecular weight excluding hydrogens is 314 g/mol. The van der Waals surface area contributed by atoms with Crippen LogP contribution in [0.4, 0.5) is 5.69 Å². The van der Waals surface area contributed by atoms with Crippen molar-refractivity contribution in [2.45, 2.75) is 33.6 Å². The normalized spacial score (nSPS) is 11.6. The van der Waals surface area contributed by atoms with E-state index in [1.165, 1.54) is 0 Å². The van der Waals surface area contributed by atoms with Crippen molar-refractivity contribution in [3.63, 3.8) is 0 Å². The number of anilines is 1. The van der Waals surface area contributed by atoms with Crippen LogP contribution in [0.2, 0.25) is 0 Å². The molecule has 0 bridgehead atoms. The van der Waals surface area contributed by atoms with Crippen LogP contribution < -0.4 is 10.0 Å². The zero-order valence-corrected chi connectivity index (χ0v) is 14.5. The van der Waals surface area contributed by atoms with Crippen molar-refractivity contribution in [3.8, 4) is 0 Å². The van der Waals surface area contributed by atoms with E-state index in [2.05, 4.69) is 15.0 Å². The Balaban J connectivity index is 2.32.